The predicted octanol–water partition coefficient (Wildman–Crippen LogP) is 3.63. The summed E-state index contributed by atoms with van der Waals surface area (Å²) < 4.78 is 3.48. The summed E-state index contributed by atoms with van der Waals surface area (Å²) in [6, 6.07) is 5.72. The van der Waals surface area contributed by atoms with Crippen molar-refractivity contribution in [2.24, 2.45) is 0 Å². The van der Waals surface area contributed by atoms with Gasteiger partial charge in [0, 0.05) is 12.2 Å². The summed E-state index contributed by atoms with van der Waals surface area (Å²) in [5, 5.41) is 12.0. The van der Waals surface area contributed by atoms with Gasteiger partial charge in [-0.2, -0.15) is 10.2 Å². The van der Waals surface area contributed by atoms with Gasteiger partial charge in [0.2, 0.25) is 0 Å². The van der Waals surface area contributed by atoms with Crippen molar-refractivity contribution in [3.63, 3.8) is 0 Å². The molecule has 3 aromatic heterocycles. The molecule has 0 aliphatic carbocycles. The molecule has 0 aliphatic rings. The summed E-state index contributed by atoms with van der Waals surface area (Å²) in [7, 11) is 0. The fourth-order valence-corrected chi connectivity index (χ4v) is 2.91. The molecule has 0 radical (unpaired) electrons. The van der Waals surface area contributed by atoms with Crippen molar-refractivity contribution in [1.29, 1.82) is 0 Å². The van der Waals surface area contributed by atoms with Gasteiger partial charge in [0.25, 0.3) is 5.91 Å². The SMILES string of the molecule is Cc1nn(C(C)C)c(C)c1NC(=O)c1nn2ccccc2c1Cl. The highest BCUT2D eigenvalue weighted by Crippen LogP contribution is 2.26. The van der Waals surface area contributed by atoms with Crippen molar-refractivity contribution in [2.45, 2.75) is 33.7 Å². The predicted molar refractivity (Wildman–Crippen MR) is 90.2 cm³/mol. The molecule has 0 aliphatic heterocycles. The summed E-state index contributed by atoms with van der Waals surface area (Å²) in [5.74, 6) is -0.340. The van der Waals surface area contributed by atoms with Gasteiger partial charge in [0.05, 0.1) is 27.6 Å². The molecule has 7 heteroatoms. The average Bonchev–Trinajstić information content (AvgIpc) is 2.99. The zero-order chi connectivity index (χ0) is 16.7. The first kappa shape index (κ1) is 15.6. The average molecular weight is 332 g/mol. The van der Waals surface area contributed by atoms with Crippen LogP contribution < -0.4 is 5.32 Å². The summed E-state index contributed by atoms with van der Waals surface area (Å²) >= 11 is 6.29. The van der Waals surface area contributed by atoms with E-state index in [1.54, 1.807) is 10.7 Å². The van der Waals surface area contributed by atoms with Gasteiger partial charge >= 0.3 is 0 Å². The van der Waals surface area contributed by atoms with E-state index in [9.17, 15) is 4.79 Å². The second kappa shape index (κ2) is 5.70. The minimum absolute atomic E-state index is 0.203. The highest BCUT2D eigenvalue weighted by molar-refractivity contribution is 6.37. The molecule has 0 aromatic carbocycles. The number of carbonyl (C=O) groups excluding carboxylic acids is 1. The maximum atomic E-state index is 12.6. The second-order valence-electron chi connectivity index (χ2n) is 5.73. The number of aryl methyl sites for hydroxylation is 1. The lowest BCUT2D eigenvalue weighted by Gasteiger charge is -2.09. The van der Waals surface area contributed by atoms with Gasteiger partial charge in [-0.1, -0.05) is 17.7 Å². The Balaban J connectivity index is 1.97. The first-order valence-electron chi connectivity index (χ1n) is 7.40. The number of fused-ring (bicyclic) bond motifs is 1. The molecular formula is C16H18ClN5O. The third kappa shape index (κ3) is 2.59. The van der Waals surface area contributed by atoms with Crippen molar-refractivity contribution in [3.8, 4) is 0 Å². The van der Waals surface area contributed by atoms with Crippen molar-refractivity contribution in [3.05, 3.63) is 46.5 Å². The number of pyridine rings is 1. The molecule has 0 saturated carbocycles. The molecule has 0 bridgehead atoms. The van der Waals surface area contributed by atoms with E-state index in [1.807, 2.05) is 50.6 Å². The van der Waals surface area contributed by atoms with Crippen molar-refractivity contribution < 1.29 is 4.79 Å². The number of anilines is 1. The number of halogens is 1. The number of amides is 1. The van der Waals surface area contributed by atoms with Crippen LogP contribution in [0.4, 0.5) is 5.69 Å². The normalized spacial score (nSPS) is 11.4. The van der Waals surface area contributed by atoms with Gasteiger partial charge in [-0.05, 0) is 39.8 Å². The molecule has 0 saturated heterocycles. The van der Waals surface area contributed by atoms with Crippen LogP contribution in [0.15, 0.2) is 24.4 Å². The maximum Gasteiger partial charge on any atom is 0.277 e. The Kier molecular flexibility index (Phi) is 3.85. The van der Waals surface area contributed by atoms with E-state index in [0.717, 1.165) is 11.4 Å². The van der Waals surface area contributed by atoms with Crippen LogP contribution in [0.2, 0.25) is 5.02 Å². The van der Waals surface area contributed by atoms with Crippen LogP contribution in [-0.4, -0.2) is 25.3 Å². The van der Waals surface area contributed by atoms with E-state index in [-0.39, 0.29) is 17.6 Å². The van der Waals surface area contributed by atoms with Crippen LogP contribution in [0.25, 0.3) is 5.52 Å². The third-order valence-corrected chi connectivity index (χ3v) is 4.12. The number of nitrogens with zero attached hydrogens (tertiary/aromatic N) is 4. The Labute approximate surface area is 139 Å². The lowest BCUT2D eigenvalue weighted by molar-refractivity contribution is 0.102. The topological polar surface area (TPSA) is 64.2 Å². The number of nitrogens with one attached hydrogen (secondary N) is 1. The molecule has 6 nitrogen and oxygen atoms in total. The van der Waals surface area contributed by atoms with Crippen molar-refractivity contribution in [1.82, 2.24) is 19.4 Å². The van der Waals surface area contributed by atoms with E-state index in [1.165, 1.54) is 0 Å². The lowest BCUT2D eigenvalue weighted by atomic mass is 10.2. The second-order valence-corrected chi connectivity index (χ2v) is 6.11. The molecule has 3 heterocycles. The number of rotatable bonds is 3. The highest BCUT2D eigenvalue weighted by Gasteiger charge is 2.21. The van der Waals surface area contributed by atoms with Crippen LogP contribution in [0.3, 0.4) is 0 Å². The Morgan fingerprint density at radius 3 is 2.61 bits per heavy atom. The monoisotopic (exact) mass is 331 g/mol. The molecule has 1 N–H and O–H groups in total. The molecule has 3 aromatic rings. The lowest BCUT2D eigenvalue weighted by Crippen LogP contribution is -2.14. The highest BCUT2D eigenvalue weighted by atomic mass is 35.5. The molecular weight excluding hydrogens is 314 g/mol. The first-order valence-corrected chi connectivity index (χ1v) is 7.78. The van der Waals surface area contributed by atoms with Crippen LogP contribution in [0.1, 0.15) is 41.8 Å². The Bertz CT molecular complexity index is 893. The minimum Gasteiger partial charge on any atom is -0.317 e. The molecule has 1 amide bonds. The quantitative estimate of drug-likeness (QED) is 0.797. The van der Waals surface area contributed by atoms with Crippen LogP contribution in [0.5, 0.6) is 0 Å². The molecule has 120 valence electrons. The van der Waals surface area contributed by atoms with Gasteiger partial charge in [0.1, 0.15) is 0 Å². The van der Waals surface area contributed by atoms with Crippen LogP contribution in [-0.2, 0) is 0 Å². The van der Waals surface area contributed by atoms with E-state index < -0.39 is 0 Å². The van der Waals surface area contributed by atoms with Gasteiger partial charge in [-0.15, -0.1) is 0 Å². The van der Waals surface area contributed by atoms with E-state index in [2.05, 4.69) is 15.5 Å². The number of hydrogen-bond donors (Lipinski definition) is 1. The summed E-state index contributed by atoms with van der Waals surface area (Å²) in [6.45, 7) is 7.89. The molecule has 0 fully saturated rings. The Morgan fingerprint density at radius 1 is 1.26 bits per heavy atom. The van der Waals surface area contributed by atoms with Gasteiger partial charge in [-0.25, -0.2) is 4.52 Å². The van der Waals surface area contributed by atoms with Crippen molar-refractivity contribution in [2.75, 3.05) is 5.32 Å². The Morgan fingerprint density at radius 2 is 2.00 bits per heavy atom. The summed E-state index contributed by atoms with van der Waals surface area (Å²) in [4.78, 5) is 12.6. The largest absolute Gasteiger partial charge is 0.317 e. The zero-order valence-electron chi connectivity index (χ0n) is 13.5. The van der Waals surface area contributed by atoms with E-state index >= 15 is 0 Å². The third-order valence-electron chi connectivity index (χ3n) is 3.75. The molecule has 23 heavy (non-hydrogen) atoms. The molecule has 0 spiro atoms. The smallest absolute Gasteiger partial charge is 0.277 e. The first-order chi connectivity index (χ1) is 10.9. The summed E-state index contributed by atoms with van der Waals surface area (Å²) in [5.41, 5.74) is 3.28. The van der Waals surface area contributed by atoms with Gasteiger partial charge in [-0.3, -0.25) is 9.48 Å². The van der Waals surface area contributed by atoms with Crippen LogP contribution >= 0.6 is 11.6 Å². The standard InChI is InChI=1S/C16H18ClN5O/c1-9(2)22-11(4)14(10(3)19-22)18-16(23)15-13(17)12-7-5-6-8-21(12)20-15/h5-9H,1-4H3,(H,18,23). The number of aromatic nitrogens is 4. The fraction of sp³-hybridized carbons (Fsp3) is 0.312. The van der Waals surface area contributed by atoms with Crippen LogP contribution in [0, 0.1) is 13.8 Å². The molecule has 0 atom stereocenters. The van der Waals surface area contributed by atoms with E-state index in [4.69, 9.17) is 11.6 Å². The maximum absolute atomic E-state index is 12.6. The van der Waals surface area contributed by atoms with E-state index in [0.29, 0.717) is 16.2 Å². The molecule has 0 unspecified atom stereocenters. The van der Waals surface area contributed by atoms with Gasteiger partial charge in [0.15, 0.2) is 5.69 Å². The van der Waals surface area contributed by atoms with Crippen molar-refractivity contribution >= 4 is 28.7 Å². The zero-order valence-corrected chi connectivity index (χ0v) is 14.2. The summed E-state index contributed by atoms with van der Waals surface area (Å²) in [6.07, 6.45) is 1.76. The van der Waals surface area contributed by atoms with Gasteiger partial charge < -0.3 is 5.32 Å². The fourth-order valence-electron chi connectivity index (χ4n) is 2.63. The Hall–Kier alpha value is -2.34. The molecule has 3 rings (SSSR count). The minimum atomic E-state index is -0.340. The number of hydrogen-bond acceptors (Lipinski definition) is 3. The number of carbonyl (C=O) groups is 1.